The third kappa shape index (κ3) is 5.01. The van der Waals surface area contributed by atoms with Crippen molar-refractivity contribution in [3.63, 3.8) is 0 Å². The number of piperidine rings is 1. The number of amides is 1. The lowest BCUT2D eigenvalue weighted by Gasteiger charge is -2.30. The zero-order chi connectivity index (χ0) is 24.4. The summed E-state index contributed by atoms with van der Waals surface area (Å²) in [5.74, 6) is 1.89. The molecule has 184 valence electrons. The van der Waals surface area contributed by atoms with E-state index in [1.807, 2.05) is 24.3 Å². The number of benzene rings is 2. The van der Waals surface area contributed by atoms with Crippen molar-refractivity contribution >= 4 is 21.6 Å². The van der Waals surface area contributed by atoms with Crippen molar-refractivity contribution in [2.24, 2.45) is 5.92 Å². The molecule has 8 nitrogen and oxygen atoms in total. The molecule has 2 aliphatic heterocycles. The summed E-state index contributed by atoms with van der Waals surface area (Å²) in [6.45, 7) is 4.06. The molecule has 9 heteroatoms. The van der Waals surface area contributed by atoms with Crippen molar-refractivity contribution in [1.82, 2.24) is 19.1 Å². The molecule has 1 aromatic heterocycles. The second-order valence-corrected chi connectivity index (χ2v) is 11.5. The van der Waals surface area contributed by atoms with Crippen LogP contribution in [0, 0.1) is 5.92 Å². The van der Waals surface area contributed by atoms with Gasteiger partial charge in [-0.25, -0.2) is 8.42 Å². The molecule has 1 saturated heterocycles. The highest BCUT2D eigenvalue weighted by Crippen LogP contribution is 2.26. The van der Waals surface area contributed by atoms with Crippen molar-refractivity contribution in [2.75, 3.05) is 18.4 Å². The first-order chi connectivity index (χ1) is 16.9. The van der Waals surface area contributed by atoms with Gasteiger partial charge in [0.1, 0.15) is 5.82 Å². The number of nitrogens with zero attached hydrogens (tertiary/aromatic N) is 4. The van der Waals surface area contributed by atoms with Gasteiger partial charge in [-0.15, -0.1) is 10.2 Å². The Bertz CT molecular complexity index is 1320. The van der Waals surface area contributed by atoms with Crippen LogP contribution in [0.2, 0.25) is 0 Å². The molecule has 3 heterocycles. The first-order valence-corrected chi connectivity index (χ1v) is 13.8. The molecule has 1 N–H and O–H groups in total. The second kappa shape index (κ2) is 9.91. The van der Waals surface area contributed by atoms with Gasteiger partial charge in [-0.2, -0.15) is 4.31 Å². The van der Waals surface area contributed by atoms with E-state index in [0.29, 0.717) is 30.3 Å². The van der Waals surface area contributed by atoms with Crippen molar-refractivity contribution in [1.29, 1.82) is 0 Å². The topological polar surface area (TPSA) is 97.2 Å². The Hall–Kier alpha value is -3.04. The first-order valence-electron chi connectivity index (χ1n) is 12.4. The lowest BCUT2D eigenvalue weighted by molar-refractivity contribution is 0.102. The number of aromatic nitrogens is 3. The number of fused-ring (bicyclic) bond motifs is 1. The summed E-state index contributed by atoms with van der Waals surface area (Å²) in [5, 5.41) is 11.7. The van der Waals surface area contributed by atoms with Gasteiger partial charge in [-0.3, -0.25) is 4.79 Å². The maximum atomic E-state index is 13.0. The summed E-state index contributed by atoms with van der Waals surface area (Å²) in [6, 6.07) is 13.8. The van der Waals surface area contributed by atoms with E-state index in [1.54, 1.807) is 16.4 Å². The van der Waals surface area contributed by atoms with Crippen molar-refractivity contribution in [3.05, 3.63) is 59.9 Å². The molecule has 1 unspecified atom stereocenters. The van der Waals surface area contributed by atoms with Gasteiger partial charge in [0, 0.05) is 42.9 Å². The van der Waals surface area contributed by atoms with Gasteiger partial charge < -0.3 is 9.88 Å². The van der Waals surface area contributed by atoms with Gasteiger partial charge in [-0.1, -0.05) is 25.5 Å². The summed E-state index contributed by atoms with van der Waals surface area (Å²) in [5.41, 5.74) is 1.95. The van der Waals surface area contributed by atoms with Gasteiger partial charge in [0.15, 0.2) is 5.82 Å². The third-order valence-electron chi connectivity index (χ3n) is 6.86. The molecule has 2 aliphatic rings. The minimum Gasteiger partial charge on any atom is -0.322 e. The molecule has 1 atom stereocenters. The molecule has 0 radical (unpaired) electrons. The summed E-state index contributed by atoms with van der Waals surface area (Å²) in [6.07, 6.45) is 6.29. The van der Waals surface area contributed by atoms with Crippen LogP contribution in [0.25, 0.3) is 11.4 Å². The summed E-state index contributed by atoms with van der Waals surface area (Å²) >= 11 is 0. The number of rotatable bonds is 5. The number of hydrogen-bond acceptors (Lipinski definition) is 5. The van der Waals surface area contributed by atoms with E-state index in [1.165, 1.54) is 18.6 Å². The van der Waals surface area contributed by atoms with Crippen LogP contribution in [0.4, 0.5) is 5.69 Å². The molecule has 0 spiro atoms. The number of sulfonamides is 1. The molecule has 0 saturated carbocycles. The average Bonchev–Trinajstić information content (AvgIpc) is 3.12. The summed E-state index contributed by atoms with van der Waals surface area (Å²) in [7, 11) is -3.55. The fourth-order valence-electron chi connectivity index (χ4n) is 4.93. The van der Waals surface area contributed by atoms with Crippen LogP contribution < -0.4 is 5.32 Å². The number of carbonyl (C=O) groups excluding carboxylic acids is 1. The molecular weight excluding hydrogens is 462 g/mol. The highest BCUT2D eigenvalue weighted by Gasteiger charge is 2.28. The quantitative estimate of drug-likeness (QED) is 0.570. The van der Waals surface area contributed by atoms with E-state index >= 15 is 0 Å². The fraction of sp³-hybridized carbons (Fsp3) is 0.423. The Labute approximate surface area is 206 Å². The highest BCUT2D eigenvalue weighted by molar-refractivity contribution is 7.89. The predicted octanol–water partition coefficient (Wildman–Crippen LogP) is 4.34. The zero-order valence-corrected chi connectivity index (χ0v) is 20.8. The van der Waals surface area contributed by atoms with Crippen molar-refractivity contribution < 1.29 is 13.2 Å². The lowest BCUT2D eigenvalue weighted by Crippen LogP contribution is -2.39. The number of carbonyl (C=O) groups is 1. The van der Waals surface area contributed by atoms with E-state index in [2.05, 4.69) is 27.0 Å². The zero-order valence-electron chi connectivity index (χ0n) is 20.0. The van der Waals surface area contributed by atoms with Crippen LogP contribution in [-0.2, 0) is 23.0 Å². The normalized spacial score (nSPS) is 19.1. The SMILES string of the molecule is CC1CCCN(S(=O)(=O)c2ccc(C(=O)Nc3cccc(-c4nnc5n4CCCCC5)c3)cc2)C1. The fourth-order valence-corrected chi connectivity index (χ4v) is 6.53. The van der Waals surface area contributed by atoms with Gasteiger partial charge in [-0.05, 0) is 68.0 Å². The van der Waals surface area contributed by atoms with Gasteiger partial charge >= 0.3 is 0 Å². The van der Waals surface area contributed by atoms with E-state index in [4.69, 9.17) is 0 Å². The van der Waals surface area contributed by atoms with Crippen molar-refractivity contribution in [2.45, 2.75) is 56.9 Å². The van der Waals surface area contributed by atoms with Gasteiger partial charge in [0.05, 0.1) is 4.90 Å². The average molecular weight is 494 g/mol. The minimum atomic E-state index is -3.55. The number of nitrogens with one attached hydrogen (secondary N) is 1. The van der Waals surface area contributed by atoms with Gasteiger partial charge in [0.25, 0.3) is 5.91 Å². The van der Waals surface area contributed by atoms with E-state index in [-0.39, 0.29) is 10.8 Å². The molecular formula is C26H31N5O3S. The molecule has 1 fully saturated rings. The maximum absolute atomic E-state index is 13.0. The monoisotopic (exact) mass is 493 g/mol. The molecule has 2 aromatic carbocycles. The molecule has 35 heavy (non-hydrogen) atoms. The molecule has 1 amide bonds. The van der Waals surface area contributed by atoms with Crippen LogP contribution in [0.5, 0.6) is 0 Å². The van der Waals surface area contributed by atoms with E-state index in [0.717, 1.165) is 55.9 Å². The molecule has 5 rings (SSSR count). The van der Waals surface area contributed by atoms with E-state index in [9.17, 15) is 13.2 Å². The number of anilines is 1. The Balaban J connectivity index is 1.30. The maximum Gasteiger partial charge on any atom is 0.255 e. The Morgan fingerprint density at radius 1 is 1.00 bits per heavy atom. The summed E-state index contributed by atoms with van der Waals surface area (Å²) < 4.78 is 29.7. The number of aryl methyl sites for hydroxylation is 1. The lowest BCUT2D eigenvalue weighted by atomic mass is 10.0. The minimum absolute atomic E-state index is 0.220. The largest absolute Gasteiger partial charge is 0.322 e. The Morgan fingerprint density at radius 2 is 1.83 bits per heavy atom. The van der Waals surface area contributed by atoms with Crippen LogP contribution in [0.15, 0.2) is 53.4 Å². The molecule has 0 bridgehead atoms. The van der Waals surface area contributed by atoms with Gasteiger partial charge in [0.2, 0.25) is 10.0 Å². The van der Waals surface area contributed by atoms with Crippen LogP contribution in [-0.4, -0.2) is 46.5 Å². The summed E-state index contributed by atoms with van der Waals surface area (Å²) in [4.78, 5) is 13.1. The number of hydrogen-bond donors (Lipinski definition) is 1. The standard InChI is InChI=1S/C26H31N5O3S/c1-19-7-6-15-30(18-19)35(33,34)23-13-11-20(12-14-23)26(32)27-22-9-5-8-21(17-22)25-29-28-24-10-3-2-4-16-31(24)25/h5,8-9,11-14,17,19H,2-4,6-7,10,15-16,18H2,1H3,(H,27,32). The Morgan fingerprint density at radius 3 is 2.63 bits per heavy atom. The van der Waals surface area contributed by atoms with Crippen LogP contribution in [0.3, 0.4) is 0 Å². The predicted molar refractivity (Wildman–Crippen MR) is 135 cm³/mol. The van der Waals surface area contributed by atoms with Crippen molar-refractivity contribution in [3.8, 4) is 11.4 Å². The third-order valence-corrected chi connectivity index (χ3v) is 8.74. The van der Waals surface area contributed by atoms with Crippen LogP contribution >= 0.6 is 0 Å². The molecule has 3 aromatic rings. The second-order valence-electron chi connectivity index (χ2n) is 9.57. The van der Waals surface area contributed by atoms with Crippen LogP contribution in [0.1, 0.15) is 55.2 Å². The Kier molecular flexibility index (Phi) is 6.71. The smallest absolute Gasteiger partial charge is 0.255 e. The first kappa shape index (κ1) is 23.7. The molecule has 0 aliphatic carbocycles. The highest BCUT2D eigenvalue weighted by atomic mass is 32.2. The van der Waals surface area contributed by atoms with E-state index < -0.39 is 10.0 Å².